The molecule has 2 aromatic rings. The zero-order valence-corrected chi connectivity index (χ0v) is 14.4. The third kappa shape index (κ3) is 4.80. The summed E-state index contributed by atoms with van der Waals surface area (Å²) in [6.45, 7) is 0.591. The van der Waals surface area contributed by atoms with Crippen molar-refractivity contribution in [1.82, 2.24) is 5.32 Å². The number of carboxylic acid groups (broad SMARTS) is 1. The maximum Gasteiger partial charge on any atom is 0.307 e. The lowest BCUT2D eigenvalue weighted by atomic mass is 9.91. The highest BCUT2D eigenvalue weighted by atomic mass is 16.4. The van der Waals surface area contributed by atoms with Gasteiger partial charge in [-0.3, -0.25) is 4.79 Å². The Labute approximate surface area is 149 Å². The van der Waals surface area contributed by atoms with Crippen molar-refractivity contribution in [2.75, 3.05) is 6.54 Å². The van der Waals surface area contributed by atoms with Gasteiger partial charge < -0.3 is 10.4 Å². The molecule has 0 radical (unpaired) electrons. The summed E-state index contributed by atoms with van der Waals surface area (Å²) in [5.41, 5.74) is 3.73. The molecule has 0 unspecified atom stereocenters. The number of carbonyl (C=O) groups is 1. The van der Waals surface area contributed by atoms with E-state index in [0.717, 1.165) is 25.7 Å². The smallest absolute Gasteiger partial charge is 0.307 e. The summed E-state index contributed by atoms with van der Waals surface area (Å²) in [5, 5.41) is 12.5. The maximum absolute atomic E-state index is 11.0. The summed E-state index contributed by atoms with van der Waals surface area (Å²) in [4.78, 5) is 11.0. The summed E-state index contributed by atoms with van der Waals surface area (Å²) in [6.07, 6.45) is 6.05. The van der Waals surface area contributed by atoms with Crippen molar-refractivity contribution in [2.24, 2.45) is 5.92 Å². The fraction of sp³-hybridized carbons (Fsp3) is 0.318. The standard InChI is InChI=1S/C22H25NO2/c24-22(25)19-14-15-20(23-16-19)12-7-13-21(17-8-3-1-4-9-17)18-10-5-2-6-11-18/h1-6,8-11,13,19-20,23H,7,12,14-16H2,(H,24,25)/t19-,20+/m1/s1. The number of nitrogens with one attached hydrogen (secondary N) is 1. The van der Waals surface area contributed by atoms with Gasteiger partial charge in [0.1, 0.15) is 0 Å². The van der Waals surface area contributed by atoms with Crippen LogP contribution in [-0.2, 0) is 4.79 Å². The second kappa shape index (κ2) is 8.63. The van der Waals surface area contributed by atoms with Crippen molar-refractivity contribution >= 4 is 11.5 Å². The van der Waals surface area contributed by atoms with E-state index in [9.17, 15) is 4.79 Å². The first-order chi connectivity index (χ1) is 12.2. The zero-order valence-electron chi connectivity index (χ0n) is 14.4. The van der Waals surface area contributed by atoms with E-state index in [1.165, 1.54) is 16.7 Å². The van der Waals surface area contributed by atoms with Crippen LogP contribution in [0.2, 0.25) is 0 Å². The molecule has 2 aromatic carbocycles. The number of hydrogen-bond acceptors (Lipinski definition) is 2. The van der Waals surface area contributed by atoms with Gasteiger partial charge in [-0.2, -0.15) is 0 Å². The molecule has 1 fully saturated rings. The van der Waals surface area contributed by atoms with Crippen molar-refractivity contribution in [3.05, 3.63) is 77.9 Å². The number of hydrogen-bond donors (Lipinski definition) is 2. The summed E-state index contributed by atoms with van der Waals surface area (Å²) in [7, 11) is 0. The van der Waals surface area contributed by atoms with Gasteiger partial charge in [-0.1, -0.05) is 66.7 Å². The topological polar surface area (TPSA) is 49.3 Å². The average Bonchev–Trinajstić information content (AvgIpc) is 2.67. The van der Waals surface area contributed by atoms with Crippen molar-refractivity contribution in [1.29, 1.82) is 0 Å². The Kier molecular flexibility index (Phi) is 6.02. The first kappa shape index (κ1) is 17.4. The van der Waals surface area contributed by atoms with Crippen molar-refractivity contribution in [3.8, 4) is 0 Å². The van der Waals surface area contributed by atoms with E-state index in [0.29, 0.717) is 12.6 Å². The number of piperidine rings is 1. The van der Waals surface area contributed by atoms with E-state index >= 15 is 0 Å². The molecule has 3 nitrogen and oxygen atoms in total. The number of aliphatic carboxylic acids is 1. The Balaban J connectivity index is 1.65. The molecule has 3 rings (SSSR count). The molecule has 1 heterocycles. The van der Waals surface area contributed by atoms with Gasteiger partial charge in [0.05, 0.1) is 5.92 Å². The minimum atomic E-state index is -0.679. The first-order valence-corrected chi connectivity index (χ1v) is 9.01. The quantitative estimate of drug-likeness (QED) is 0.825. The van der Waals surface area contributed by atoms with Gasteiger partial charge >= 0.3 is 5.97 Å². The maximum atomic E-state index is 11.0. The number of carboxylic acids is 1. The number of benzene rings is 2. The monoisotopic (exact) mass is 335 g/mol. The van der Waals surface area contributed by atoms with Crippen LogP contribution in [0.25, 0.3) is 5.57 Å². The van der Waals surface area contributed by atoms with Crippen LogP contribution in [0, 0.1) is 5.92 Å². The minimum absolute atomic E-state index is 0.226. The highest BCUT2D eigenvalue weighted by Gasteiger charge is 2.24. The molecule has 1 aliphatic rings. The van der Waals surface area contributed by atoms with E-state index in [4.69, 9.17) is 5.11 Å². The summed E-state index contributed by atoms with van der Waals surface area (Å²) in [5.74, 6) is -0.905. The van der Waals surface area contributed by atoms with Gasteiger partial charge in [0, 0.05) is 12.6 Å². The molecule has 130 valence electrons. The van der Waals surface area contributed by atoms with Gasteiger partial charge in [0.15, 0.2) is 0 Å². The molecular weight excluding hydrogens is 310 g/mol. The highest BCUT2D eigenvalue weighted by molar-refractivity contribution is 5.79. The van der Waals surface area contributed by atoms with Crippen LogP contribution >= 0.6 is 0 Å². The van der Waals surface area contributed by atoms with Gasteiger partial charge in [-0.25, -0.2) is 0 Å². The Morgan fingerprint density at radius 1 is 1.00 bits per heavy atom. The SMILES string of the molecule is O=C(O)[C@@H]1CC[C@H](CCC=C(c2ccccc2)c2ccccc2)NC1. The fourth-order valence-electron chi connectivity index (χ4n) is 3.44. The Hall–Kier alpha value is -2.39. The van der Waals surface area contributed by atoms with Crippen LogP contribution in [0.15, 0.2) is 66.7 Å². The second-order valence-corrected chi connectivity index (χ2v) is 6.64. The highest BCUT2D eigenvalue weighted by Crippen LogP contribution is 2.25. The van der Waals surface area contributed by atoms with Gasteiger partial charge in [0.2, 0.25) is 0 Å². The summed E-state index contributed by atoms with van der Waals surface area (Å²) in [6, 6.07) is 21.4. The Morgan fingerprint density at radius 2 is 1.60 bits per heavy atom. The first-order valence-electron chi connectivity index (χ1n) is 9.01. The molecule has 25 heavy (non-hydrogen) atoms. The van der Waals surface area contributed by atoms with Crippen molar-refractivity contribution in [2.45, 2.75) is 31.7 Å². The molecule has 3 heteroatoms. The van der Waals surface area contributed by atoms with E-state index in [1.54, 1.807) is 0 Å². The number of rotatable bonds is 6. The van der Waals surface area contributed by atoms with E-state index in [1.807, 2.05) is 12.1 Å². The molecule has 0 spiro atoms. The van der Waals surface area contributed by atoms with Crippen LogP contribution < -0.4 is 5.32 Å². The molecule has 0 saturated carbocycles. The average molecular weight is 335 g/mol. The van der Waals surface area contributed by atoms with Crippen LogP contribution in [0.4, 0.5) is 0 Å². The lowest BCUT2D eigenvalue weighted by molar-refractivity contribution is -0.142. The molecule has 1 aliphatic heterocycles. The van der Waals surface area contributed by atoms with E-state index < -0.39 is 5.97 Å². The van der Waals surface area contributed by atoms with Gasteiger partial charge in [-0.05, 0) is 42.4 Å². The predicted molar refractivity (Wildman–Crippen MR) is 101 cm³/mol. The van der Waals surface area contributed by atoms with Crippen molar-refractivity contribution in [3.63, 3.8) is 0 Å². The van der Waals surface area contributed by atoms with Gasteiger partial charge in [0.25, 0.3) is 0 Å². The largest absolute Gasteiger partial charge is 0.481 e. The second-order valence-electron chi connectivity index (χ2n) is 6.64. The molecule has 0 aliphatic carbocycles. The third-order valence-corrected chi connectivity index (χ3v) is 4.90. The van der Waals surface area contributed by atoms with Crippen molar-refractivity contribution < 1.29 is 9.90 Å². The molecule has 1 saturated heterocycles. The third-order valence-electron chi connectivity index (χ3n) is 4.90. The normalized spacial score (nSPS) is 20.0. The minimum Gasteiger partial charge on any atom is -0.481 e. The molecule has 0 amide bonds. The van der Waals surface area contributed by atoms with Gasteiger partial charge in [-0.15, -0.1) is 0 Å². The molecule has 0 aromatic heterocycles. The van der Waals surface area contributed by atoms with Crippen LogP contribution in [-0.4, -0.2) is 23.7 Å². The summed E-state index contributed by atoms with van der Waals surface area (Å²) >= 11 is 0. The van der Waals surface area contributed by atoms with Crippen LogP contribution in [0.5, 0.6) is 0 Å². The summed E-state index contributed by atoms with van der Waals surface area (Å²) < 4.78 is 0. The predicted octanol–water partition coefficient (Wildman–Crippen LogP) is 4.35. The lowest BCUT2D eigenvalue weighted by Crippen LogP contribution is -2.41. The zero-order chi connectivity index (χ0) is 17.5. The lowest BCUT2D eigenvalue weighted by Gasteiger charge is -2.27. The van der Waals surface area contributed by atoms with Crippen LogP contribution in [0.1, 0.15) is 36.8 Å². The fourth-order valence-corrected chi connectivity index (χ4v) is 3.44. The molecular formula is C22H25NO2. The van der Waals surface area contributed by atoms with E-state index in [2.05, 4.69) is 59.9 Å². The Morgan fingerprint density at radius 3 is 2.08 bits per heavy atom. The Bertz CT molecular complexity index is 660. The van der Waals surface area contributed by atoms with E-state index in [-0.39, 0.29) is 5.92 Å². The molecule has 2 N–H and O–H groups in total. The number of allylic oxidation sites excluding steroid dienone is 1. The molecule has 2 atom stereocenters. The van der Waals surface area contributed by atoms with Crippen LogP contribution in [0.3, 0.4) is 0 Å². The molecule has 0 bridgehead atoms.